The molecule has 3 aromatic rings. The van der Waals surface area contributed by atoms with Crippen LogP contribution in [0.15, 0.2) is 76.5 Å². The molecule has 0 bridgehead atoms. The zero-order valence-corrected chi connectivity index (χ0v) is 16.5. The molecule has 0 unspecified atom stereocenters. The molecule has 0 fully saturated rings. The molecule has 0 spiro atoms. The van der Waals surface area contributed by atoms with Gasteiger partial charge in [-0.15, -0.1) is 0 Å². The number of ether oxygens (including phenoxy) is 1. The van der Waals surface area contributed by atoms with Crippen molar-refractivity contribution in [1.82, 2.24) is 0 Å². The van der Waals surface area contributed by atoms with E-state index in [0.29, 0.717) is 32.4 Å². The van der Waals surface area contributed by atoms with Gasteiger partial charge in [-0.1, -0.05) is 59.3 Å². The Kier molecular flexibility index (Phi) is 5.07. The third-order valence-corrected chi connectivity index (χ3v) is 5.75. The normalized spacial score (nSPS) is 14.2. The van der Waals surface area contributed by atoms with E-state index >= 15 is 0 Å². The first kappa shape index (κ1) is 18.5. The lowest BCUT2D eigenvalue weighted by Gasteiger charge is -2.10. The number of carbonyl (C=O) groups excluding carboxylic acids is 2. The average molecular weight is 407 g/mol. The van der Waals surface area contributed by atoms with Crippen LogP contribution in [0.5, 0.6) is 5.75 Å². The zero-order chi connectivity index (χ0) is 19.7. The van der Waals surface area contributed by atoms with Crippen LogP contribution in [0.2, 0.25) is 5.02 Å². The van der Waals surface area contributed by atoms with Gasteiger partial charge in [0.25, 0.3) is 0 Å². The van der Waals surface area contributed by atoms with Crippen molar-refractivity contribution in [3.05, 3.63) is 98.9 Å². The highest BCUT2D eigenvalue weighted by Crippen LogP contribution is 2.41. The number of Topliss-reactive ketones (excluding diaryl/α,β-unsaturated/α-hetero) is 1. The van der Waals surface area contributed by atoms with Gasteiger partial charge in [0, 0.05) is 16.0 Å². The number of benzene rings is 3. The summed E-state index contributed by atoms with van der Waals surface area (Å²) in [6, 6.07) is 19.7. The fraction of sp³-hybridized carbons (Fsp3) is 0.0435. The number of hydrogen-bond acceptors (Lipinski definition) is 4. The fourth-order valence-electron chi connectivity index (χ4n) is 2.93. The van der Waals surface area contributed by atoms with Crippen molar-refractivity contribution < 1.29 is 14.3 Å². The largest absolute Gasteiger partial charge is 0.422 e. The molecule has 0 N–H and O–H groups in total. The first-order valence-corrected chi connectivity index (χ1v) is 9.83. The minimum Gasteiger partial charge on any atom is -0.422 e. The Morgan fingerprint density at radius 1 is 1.04 bits per heavy atom. The van der Waals surface area contributed by atoms with Crippen LogP contribution in [-0.2, 0) is 0 Å². The second kappa shape index (κ2) is 7.66. The lowest BCUT2D eigenvalue weighted by molar-refractivity contribution is 0.0734. The maximum absolute atomic E-state index is 12.7. The highest BCUT2D eigenvalue weighted by molar-refractivity contribution is 8.04. The van der Waals surface area contributed by atoms with Gasteiger partial charge in [-0.2, -0.15) is 0 Å². The SMILES string of the molecule is Cc1ccc(OC(=O)c2ccccc2Cl)c(/C=C2/Sc3ccccc3C2=O)c1. The van der Waals surface area contributed by atoms with Gasteiger partial charge in [-0.3, -0.25) is 4.79 Å². The molecule has 0 amide bonds. The summed E-state index contributed by atoms with van der Waals surface area (Å²) in [5.41, 5.74) is 2.66. The van der Waals surface area contributed by atoms with Crippen LogP contribution in [0.3, 0.4) is 0 Å². The van der Waals surface area contributed by atoms with E-state index in [1.165, 1.54) is 11.8 Å². The molecule has 3 nitrogen and oxygen atoms in total. The second-order valence-corrected chi connectivity index (χ2v) is 7.84. The third-order valence-electron chi connectivity index (χ3n) is 4.32. The van der Waals surface area contributed by atoms with Crippen LogP contribution in [0.1, 0.15) is 31.8 Å². The second-order valence-electron chi connectivity index (χ2n) is 6.35. The highest BCUT2D eigenvalue weighted by Gasteiger charge is 2.25. The van der Waals surface area contributed by atoms with Crippen molar-refractivity contribution >= 4 is 41.2 Å². The van der Waals surface area contributed by atoms with E-state index in [9.17, 15) is 9.59 Å². The summed E-state index contributed by atoms with van der Waals surface area (Å²) in [6.07, 6.45) is 1.77. The Balaban J connectivity index is 1.68. The molecule has 0 aliphatic carbocycles. The molecule has 0 saturated heterocycles. The van der Waals surface area contributed by atoms with Crippen LogP contribution in [0.4, 0.5) is 0 Å². The van der Waals surface area contributed by atoms with Crippen LogP contribution < -0.4 is 4.74 Å². The predicted octanol–water partition coefficient (Wildman–Crippen LogP) is 6.20. The van der Waals surface area contributed by atoms with Crippen LogP contribution >= 0.6 is 23.4 Å². The molecule has 0 radical (unpaired) electrons. The summed E-state index contributed by atoms with van der Waals surface area (Å²) >= 11 is 7.52. The molecular weight excluding hydrogens is 392 g/mol. The van der Waals surface area contributed by atoms with Gasteiger partial charge in [-0.05, 0) is 49.4 Å². The van der Waals surface area contributed by atoms with Gasteiger partial charge < -0.3 is 4.74 Å². The van der Waals surface area contributed by atoms with Gasteiger partial charge >= 0.3 is 5.97 Å². The van der Waals surface area contributed by atoms with E-state index in [1.54, 1.807) is 36.4 Å². The molecule has 0 atom stereocenters. The average Bonchev–Trinajstić information content (AvgIpc) is 3.00. The molecule has 3 aromatic carbocycles. The molecule has 5 heteroatoms. The minimum atomic E-state index is -0.539. The van der Waals surface area contributed by atoms with E-state index in [4.69, 9.17) is 16.3 Å². The number of hydrogen-bond donors (Lipinski definition) is 0. The van der Waals surface area contributed by atoms with E-state index in [-0.39, 0.29) is 5.78 Å². The van der Waals surface area contributed by atoms with Gasteiger partial charge in [0.05, 0.1) is 15.5 Å². The number of allylic oxidation sites excluding steroid dienone is 1. The quantitative estimate of drug-likeness (QED) is 0.295. The van der Waals surface area contributed by atoms with E-state index in [2.05, 4.69) is 0 Å². The van der Waals surface area contributed by atoms with Crippen LogP contribution in [0, 0.1) is 6.92 Å². The lowest BCUT2D eigenvalue weighted by Crippen LogP contribution is -2.10. The van der Waals surface area contributed by atoms with Crippen molar-refractivity contribution in [2.45, 2.75) is 11.8 Å². The summed E-state index contributed by atoms with van der Waals surface area (Å²) in [5.74, 6) is -0.180. The maximum Gasteiger partial charge on any atom is 0.345 e. The van der Waals surface area contributed by atoms with Crippen LogP contribution in [0.25, 0.3) is 6.08 Å². The Hall–Kier alpha value is -2.82. The first-order valence-electron chi connectivity index (χ1n) is 8.63. The number of carbonyl (C=O) groups is 2. The smallest absolute Gasteiger partial charge is 0.345 e. The maximum atomic E-state index is 12.7. The first-order chi connectivity index (χ1) is 13.5. The number of aryl methyl sites for hydroxylation is 1. The summed E-state index contributed by atoms with van der Waals surface area (Å²) < 4.78 is 5.60. The molecule has 1 aliphatic heterocycles. The Morgan fingerprint density at radius 3 is 2.57 bits per heavy atom. The van der Waals surface area contributed by atoms with E-state index < -0.39 is 5.97 Å². The molecule has 138 valence electrons. The van der Waals surface area contributed by atoms with Gasteiger partial charge in [0.2, 0.25) is 5.78 Å². The van der Waals surface area contributed by atoms with Gasteiger partial charge in [-0.25, -0.2) is 4.79 Å². The summed E-state index contributed by atoms with van der Waals surface area (Å²) in [4.78, 5) is 26.8. The number of halogens is 1. The number of thioether (sulfide) groups is 1. The predicted molar refractivity (Wildman–Crippen MR) is 112 cm³/mol. The van der Waals surface area contributed by atoms with Crippen molar-refractivity contribution in [3.63, 3.8) is 0 Å². The molecule has 0 aromatic heterocycles. The lowest BCUT2D eigenvalue weighted by atomic mass is 10.1. The highest BCUT2D eigenvalue weighted by atomic mass is 35.5. The number of rotatable bonds is 3. The molecule has 1 aliphatic rings. The van der Waals surface area contributed by atoms with Crippen molar-refractivity contribution in [2.75, 3.05) is 0 Å². The molecule has 1 heterocycles. The third kappa shape index (κ3) is 3.61. The van der Waals surface area contributed by atoms with Crippen LogP contribution in [-0.4, -0.2) is 11.8 Å². The number of esters is 1. The topological polar surface area (TPSA) is 43.4 Å². The molecule has 4 rings (SSSR count). The zero-order valence-electron chi connectivity index (χ0n) is 14.9. The molecular formula is C23H15ClO3S. The molecule has 28 heavy (non-hydrogen) atoms. The van der Waals surface area contributed by atoms with E-state index in [1.807, 2.05) is 43.3 Å². The van der Waals surface area contributed by atoms with Crippen molar-refractivity contribution in [1.29, 1.82) is 0 Å². The monoisotopic (exact) mass is 406 g/mol. The summed E-state index contributed by atoms with van der Waals surface area (Å²) in [6.45, 7) is 1.94. The summed E-state index contributed by atoms with van der Waals surface area (Å²) in [7, 11) is 0. The Bertz CT molecular complexity index is 1130. The van der Waals surface area contributed by atoms with Gasteiger partial charge in [0.1, 0.15) is 5.75 Å². The van der Waals surface area contributed by atoms with Crippen molar-refractivity contribution in [2.24, 2.45) is 0 Å². The number of fused-ring (bicyclic) bond motifs is 1. The molecule has 0 saturated carbocycles. The Labute approximate surface area is 172 Å². The van der Waals surface area contributed by atoms with E-state index in [0.717, 1.165) is 10.5 Å². The standard InChI is InChI=1S/C23H15ClO3S/c1-14-10-11-19(27-23(26)16-6-2-4-8-18(16)24)15(12-14)13-21-22(25)17-7-3-5-9-20(17)28-21/h2-13H,1H3/b21-13+. The van der Waals surface area contributed by atoms with Crippen molar-refractivity contribution in [3.8, 4) is 5.75 Å². The fourth-order valence-corrected chi connectivity index (χ4v) is 4.19. The minimum absolute atomic E-state index is 0.0227. The van der Waals surface area contributed by atoms with Gasteiger partial charge in [0.15, 0.2) is 0 Å². The summed E-state index contributed by atoms with van der Waals surface area (Å²) in [5, 5.41) is 0.330. The number of ketones is 1. The Morgan fingerprint density at radius 2 is 1.79 bits per heavy atom.